The molecule has 106 valence electrons. The molecule has 1 saturated carbocycles. The highest BCUT2D eigenvalue weighted by molar-refractivity contribution is 6.30. The molecule has 0 bridgehead atoms. The van der Waals surface area contributed by atoms with Gasteiger partial charge in [0.15, 0.2) is 0 Å². The van der Waals surface area contributed by atoms with Crippen LogP contribution in [0.1, 0.15) is 45.1 Å². The van der Waals surface area contributed by atoms with Crippen LogP contribution in [-0.2, 0) is 6.54 Å². The second kappa shape index (κ2) is 7.16. The van der Waals surface area contributed by atoms with E-state index in [1.807, 2.05) is 6.07 Å². The first-order chi connectivity index (χ1) is 9.26. The van der Waals surface area contributed by atoms with E-state index >= 15 is 0 Å². The van der Waals surface area contributed by atoms with Gasteiger partial charge in [0.05, 0.1) is 0 Å². The van der Waals surface area contributed by atoms with E-state index in [1.54, 1.807) is 0 Å². The summed E-state index contributed by atoms with van der Waals surface area (Å²) in [5, 5.41) is 4.26. The second-order valence-corrected chi connectivity index (χ2v) is 5.71. The van der Waals surface area contributed by atoms with Gasteiger partial charge in [-0.1, -0.05) is 37.4 Å². The van der Waals surface area contributed by atoms with E-state index in [2.05, 4.69) is 36.2 Å². The molecule has 0 aliphatic heterocycles. The molecular formula is C16H25ClN2. The molecule has 1 N–H and O–H groups in total. The van der Waals surface area contributed by atoms with E-state index in [9.17, 15) is 0 Å². The highest BCUT2D eigenvalue weighted by Gasteiger charge is 2.23. The molecule has 0 heterocycles. The molecule has 0 spiro atoms. The summed E-state index contributed by atoms with van der Waals surface area (Å²) < 4.78 is 0. The van der Waals surface area contributed by atoms with Gasteiger partial charge in [0.25, 0.3) is 0 Å². The first-order valence-electron chi connectivity index (χ1n) is 7.52. The monoisotopic (exact) mass is 280 g/mol. The SMILES string of the molecule is CCNCc1ccc(Cl)cc1N(CC)C1CCCC1. The number of rotatable bonds is 6. The van der Waals surface area contributed by atoms with Crippen molar-refractivity contribution >= 4 is 17.3 Å². The predicted octanol–water partition coefficient (Wildman–Crippen LogP) is 4.22. The lowest BCUT2D eigenvalue weighted by molar-refractivity contribution is 0.614. The van der Waals surface area contributed by atoms with Crippen molar-refractivity contribution < 1.29 is 0 Å². The Morgan fingerprint density at radius 2 is 2.00 bits per heavy atom. The van der Waals surface area contributed by atoms with Crippen LogP contribution in [0.3, 0.4) is 0 Å². The van der Waals surface area contributed by atoms with Gasteiger partial charge in [0, 0.05) is 29.8 Å². The van der Waals surface area contributed by atoms with E-state index < -0.39 is 0 Å². The summed E-state index contributed by atoms with van der Waals surface area (Å²) in [6.07, 6.45) is 5.37. The molecule has 2 rings (SSSR count). The normalized spacial score (nSPS) is 15.9. The average molecular weight is 281 g/mol. The number of halogens is 1. The quantitative estimate of drug-likeness (QED) is 0.839. The minimum absolute atomic E-state index is 0.698. The minimum Gasteiger partial charge on any atom is -0.369 e. The van der Waals surface area contributed by atoms with Gasteiger partial charge in [-0.15, -0.1) is 0 Å². The number of anilines is 1. The van der Waals surface area contributed by atoms with Crippen LogP contribution < -0.4 is 10.2 Å². The Morgan fingerprint density at radius 1 is 1.26 bits per heavy atom. The lowest BCUT2D eigenvalue weighted by Gasteiger charge is -2.32. The van der Waals surface area contributed by atoms with Gasteiger partial charge in [-0.2, -0.15) is 0 Å². The molecule has 1 aliphatic rings. The molecule has 0 radical (unpaired) electrons. The Labute approximate surface area is 122 Å². The molecule has 3 heteroatoms. The summed E-state index contributed by atoms with van der Waals surface area (Å²) in [6.45, 7) is 7.37. The smallest absolute Gasteiger partial charge is 0.0429 e. The van der Waals surface area contributed by atoms with E-state index in [0.29, 0.717) is 6.04 Å². The van der Waals surface area contributed by atoms with Crippen LogP contribution in [0.5, 0.6) is 0 Å². The third-order valence-corrected chi connectivity index (χ3v) is 4.26. The number of benzene rings is 1. The fraction of sp³-hybridized carbons (Fsp3) is 0.625. The van der Waals surface area contributed by atoms with E-state index in [0.717, 1.165) is 24.7 Å². The number of nitrogens with one attached hydrogen (secondary N) is 1. The van der Waals surface area contributed by atoms with E-state index in [1.165, 1.54) is 36.9 Å². The van der Waals surface area contributed by atoms with Gasteiger partial charge < -0.3 is 10.2 Å². The highest BCUT2D eigenvalue weighted by Crippen LogP contribution is 2.32. The van der Waals surface area contributed by atoms with Crippen molar-refractivity contribution in [1.29, 1.82) is 0 Å². The van der Waals surface area contributed by atoms with Gasteiger partial charge in [-0.05, 0) is 44.0 Å². The van der Waals surface area contributed by atoms with Crippen molar-refractivity contribution in [3.63, 3.8) is 0 Å². The van der Waals surface area contributed by atoms with E-state index in [4.69, 9.17) is 11.6 Å². The summed E-state index contributed by atoms with van der Waals surface area (Å²) in [7, 11) is 0. The zero-order chi connectivity index (χ0) is 13.7. The average Bonchev–Trinajstić information content (AvgIpc) is 2.93. The van der Waals surface area contributed by atoms with Crippen molar-refractivity contribution in [1.82, 2.24) is 5.32 Å². The van der Waals surface area contributed by atoms with Gasteiger partial charge in [0.1, 0.15) is 0 Å². The summed E-state index contributed by atoms with van der Waals surface area (Å²) in [6, 6.07) is 7.00. The maximum absolute atomic E-state index is 6.21. The summed E-state index contributed by atoms with van der Waals surface area (Å²) in [5.74, 6) is 0. The number of hydrogen-bond acceptors (Lipinski definition) is 2. The lowest BCUT2D eigenvalue weighted by atomic mass is 10.1. The zero-order valence-electron chi connectivity index (χ0n) is 12.1. The minimum atomic E-state index is 0.698. The second-order valence-electron chi connectivity index (χ2n) is 5.28. The van der Waals surface area contributed by atoms with Crippen LogP contribution >= 0.6 is 11.6 Å². The molecule has 19 heavy (non-hydrogen) atoms. The Balaban J connectivity index is 2.25. The molecule has 0 unspecified atom stereocenters. The van der Waals surface area contributed by atoms with Crippen LogP contribution in [0.25, 0.3) is 0 Å². The molecule has 1 aromatic rings. The van der Waals surface area contributed by atoms with Crippen molar-refractivity contribution in [3.8, 4) is 0 Å². The molecule has 1 fully saturated rings. The zero-order valence-corrected chi connectivity index (χ0v) is 12.8. The molecule has 1 aliphatic carbocycles. The van der Waals surface area contributed by atoms with Gasteiger partial charge in [0.2, 0.25) is 0 Å². The molecule has 2 nitrogen and oxygen atoms in total. The Morgan fingerprint density at radius 3 is 2.63 bits per heavy atom. The van der Waals surface area contributed by atoms with Crippen LogP contribution in [0, 0.1) is 0 Å². The summed E-state index contributed by atoms with van der Waals surface area (Å²) >= 11 is 6.21. The van der Waals surface area contributed by atoms with Gasteiger partial charge in [-0.3, -0.25) is 0 Å². The first kappa shape index (κ1) is 14.7. The topological polar surface area (TPSA) is 15.3 Å². The van der Waals surface area contributed by atoms with Crippen LogP contribution in [0.2, 0.25) is 5.02 Å². The molecule has 0 aromatic heterocycles. The Kier molecular flexibility index (Phi) is 5.53. The summed E-state index contributed by atoms with van der Waals surface area (Å²) in [5.41, 5.74) is 2.68. The third kappa shape index (κ3) is 3.64. The van der Waals surface area contributed by atoms with Gasteiger partial charge >= 0.3 is 0 Å². The maximum Gasteiger partial charge on any atom is 0.0429 e. The van der Waals surface area contributed by atoms with Crippen LogP contribution in [-0.4, -0.2) is 19.1 Å². The molecule has 0 amide bonds. The van der Waals surface area contributed by atoms with Crippen molar-refractivity contribution in [3.05, 3.63) is 28.8 Å². The fourth-order valence-corrected chi connectivity index (χ4v) is 3.22. The van der Waals surface area contributed by atoms with E-state index in [-0.39, 0.29) is 0 Å². The van der Waals surface area contributed by atoms with Crippen molar-refractivity contribution in [2.24, 2.45) is 0 Å². The van der Waals surface area contributed by atoms with Crippen LogP contribution in [0.4, 0.5) is 5.69 Å². The highest BCUT2D eigenvalue weighted by atomic mass is 35.5. The maximum atomic E-state index is 6.21. The third-order valence-electron chi connectivity index (χ3n) is 4.03. The number of nitrogens with zero attached hydrogens (tertiary/aromatic N) is 1. The Bertz CT molecular complexity index is 400. The molecule has 0 atom stereocenters. The van der Waals surface area contributed by atoms with Gasteiger partial charge in [-0.25, -0.2) is 0 Å². The lowest BCUT2D eigenvalue weighted by Crippen LogP contribution is -2.34. The standard InChI is InChI=1S/C16H25ClN2/c1-3-18-12-13-9-10-14(17)11-16(13)19(4-2)15-7-5-6-8-15/h9-11,15,18H,3-8,12H2,1-2H3. The van der Waals surface area contributed by atoms with Crippen molar-refractivity contribution in [2.45, 2.75) is 52.1 Å². The molecule has 1 aromatic carbocycles. The fourth-order valence-electron chi connectivity index (χ4n) is 3.05. The van der Waals surface area contributed by atoms with Crippen molar-refractivity contribution in [2.75, 3.05) is 18.0 Å². The first-order valence-corrected chi connectivity index (χ1v) is 7.89. The predicted molar refractivity (Wildman–Crippen MR) is 84.1 cm³/mol. The molecule has 0 saturated heterocycles. The summed E-state index contributed by atoms with van der Waals surface area (Å²) in [4.78, 5) is 2.55. The van der Waals surface area contributed by atoms with Crippen LogP contribution in [0.15, 0.2) is 18.2 Å². The Hall–Kier alpha value is -0.730. The largest absolute Gasteiger partial charge is 0.369 e. The molecular weight excluding hydrogens is 256 g/mol. The number of hydrogen-bond donors (Lipinski definition) is 1.